The van der Waals surface area contributed by atoms with Crippen molar-refractivity contribution in [2.45, 2.75) is 58.0 Å². The van der Waals surface area contributed by atoms with Crippen molar-refractivity contribution in [3.8, 4) is 22.3 Å². The third-order valence-corrected chi connectivity index (χ3v) is 6.85. The largest absolute Gasteiger partial charge is 0.377 e. The van der Waals surface area contributed by atoms with Crippen LogP contribution >= 0.6 is 0 Å². The molecule has 1 saturated carbocycles. The van der Waals surface area contributed by atoms with Crippen LogP contribution in [0.15, 0.2) is 85.5 Å². The lowest BCUT2D eigenvalue weighted by molar-refractivity contribution is 0.121. The highest BCUT2D eigenvalue weighted by atomic mass is 16.5. The Hall–Kier alpha value is -2.64. The summed E-state index contributed by atoms with van der Waals surface area (Å²) in [5, 5.41) is 0. The van der Waals surface area contributed by atoms with E-state index in [1.807, 2.05) is 0 Å². The number of hydrogen-bond donors (Lipinski definition) is 0. The van der Waals surface area contributed by atoms with E-state index < -0.39 is 0 Å². The minimum Gasteiger partial charge on any atom is -0.377 e. The summed E-state index contributed by atoms with van der Waals surface area (Å²) in [5.41, 5.74) is 7.81. The van der Waals surface area contributed by atoms with Gasteiger partial charge in [-0.3, -0.25) is 0 Å². The summed E-state index contributed by atoms with van der Waals surface area (Å²) in [7, 11) is 0. The summed E-state index contributed by atoms with van der Waals surface area (Å²) in [6.07, 6.45) is 9.64. The summed E-state index contributed by atoms with van der Waals surface area (Å²) >= 11 is 0. The van der Waals surface area contributed by atoms with Gasteiger partial charge >= 0.3 is 0 Å². The van der Waals surface area contributed by atoms with Crippen LogP contribution in [0.5, 0.6) is 0 Å². The molecule has 3 aromatic rings. The maximum Gasteiger partial charge on any atom is 0.0716 e. The summed E-state index contributed by atoms with van der Waals surface area (Å²) in [5.74, 6) is 1.58. The average Bonchev–Trinajstić information content (AvgIpc) is 2.86. The van der Waals surface area contributed by atoms with Crippen LogP contribution in [0.25, 0.3) is 22.3 Å². The highest BCUT2D eigenvalue weighted by Crippen LogP contribution is 2.37. The predicted octanol–water partition coefficient (Wildman–Crippen LogP) is 8.80. The van der Waals surface area contributed by atoms with Crippen LogP contribution in [-0.2, 0) is 11.3 Å². The molecule has 0 atom stereocenters. The normalized spacial score (nSPS) is 18.4. The molecular weight excluding hydrogens is 388 g/mol. The topological polar surface area (TPSA) is 9.23 Å². The second-order valence-electron chi connectivity index (χ2n) is 9.19. The molecule has 3 aromatic carbocycles. The lowest BCUT2D eigenvalue weighted by Gasteiger charge is -2.28. The molecule has 0 aromatic heterocycles. The lowest BCUT2D eigenvalue weighted by Crippen LogP contribution is -2.12. The smallest absolute Gasteiger partial charge is 0.0716 e. The van der Waals surface area contributed by atoms with Crippen LogP contribution in [0.4, 0.5) is 0 Å². The number of allylic oxidation sites excluding steroid dienone is 1. The number of benzene rings is 3. The molecule has 0 radical (unpaired) electrons. The first kappa shape index (κ1) is 22.6. The van der Waals surface area contributed by atoms with Gasteiger partial charge in [0, 0.05) is 6.61 Å². The highest BCUT2D eigenvalue weighted by molar-refractivity contribution is 5.70. The first-order valence-electron chi connectivity index (χ1n) is 12.2. The number of hydrogen-bond acceptors (Lipinski definition) is 1. The van der Waals surface area contributed by atoms with E-state index in [9.17, 15) is 0 Å². The van der Waals surface area contributed by atoms with E-state index in [2.05, 4.69) is 92.4 Å². The fraction of sp³-hybridized carbons (Fsp3) is 0.355. The van der Waals surface area contributed by atoms with Crippen molar-refractivity contribution in [2.75, 3.05) is 6.61 Å². The number of ether oxygens (including phenoxy) is 1. The van der Waals surface area contributed by atoms with Gasteiger partial charge in [-0.25, -0.2) is 0 Å². The SMILES string of the molecule is C=CC[C@H]1CC[C@H](c2ccc(-c3ccc(-c4ccc(COCCC)cc4)cc3)cc2)CC1. The van der Waals surface area contributed by atoms with E-state index >= 15 is 0 Å². The third kappa shape index (κ3) is 5.78. The molecule has 1 fully saturated rings. The van der Waals surface area contributed by atoms with E-state index in [1.54, 1.807) is 0 Å². The van der Waals surface area contributed by atoms with Crippen molar-refractivity contribution < 1.29 is 4.74 Å². The van der Waals surface area contributed by atoms with Crippen molar-refractivity contribution in [2.24, 2.45) is 5.92 Å². The molecule has 32 heavy (non-hydrogen) atoms. The Bertz CT molecular complexity index is 958. The maximum atomic E-state index is 5.64. The van der Waals surface area contributed by atoms with E-state index in [4.69, 9.17) is 4.74 Å². The van der Waals surface area contributed by atoms with Gasteiger partial charge in [-0.05, 0) is 83.7 Å². The summed E-state index contributed by atoms with van der Waals surface area (Å²) in [4.78, 5) is 0. The lowest BCUT2D eigenvalue weighted by atomic mass is 9.77. The molecule has 0 bridgehead atoms. The van der Waals surface area contributed by atoms with Gasteiger partial charge < -0.3 is 4.74 Å². The van der Waals surface area contributed by atoms with Gasteiger partial charge in [0.25, 0.3) is 0 Å². The van der Waals surface area contributed by atoms with Gasteiger partial charge in [-0.2, -0.15) is 0 Å². The van der Waals surface area contributed by atoms with Gasteiger partial charge in [0.2, 0.25) is 0 Å². The average molecular weight is 425 g/mol. The standard InChI is InChI=1S/C31H36O/c1-3-5-24-6-10-26(11-7-24)28-14-18-30(19-15-28)31-20-16-29(17-21-31)27-12-8-25(9-13-27)23-32-22-4-2/h3,8-9,12-21,24,26H,1,4-7,10-11,22-23H2,2H3/t24-,26-. The zero-order chi connectivity index (χ0) is 22.2. The van der Waals surface area contributed by atoms with E-state index in [-0.39, 0.29) is 0 Å². The van der Waals surface area contributed by atoms with Crippen molar-refractivity contribution >= 4 is 0 Å². The van der Waals surface area contributed by atoms with Crippen LogP contribution in [0.2, 0.25) is 0 Å². The Labute approximate surface area is 194 Å². The fourth-order valence-corrected chi connectivity index (χ4v) is 4.90. The van der Waals surface area contributed by atoms with Crippen molar-refractivity contribution in [3.05, 3.63) is 96.6 Å². The Balaban J connectivity index is 1.37. The Morgan fingerprint density at radius 1 is 0.750 bits per heavy atom. The Kier molecular flexibility index (Phi) is 7.96. The number of rotatable bonds is 9. The summed E-state index contributed by atoms with van der Waals surface area (Å²) in [6.45, 7) is 7.55. The van der Waals surface area contributed by atoms with Gasteiger partial charge in [0.1, 0.15) is 0 Å². The van der Waals surface area contributed by atoms with Crippen molar-refractivity contribution in [3.63, 3.8) is 0 Å². The molecule has 0 spiro atoms. The van der Waals surface area contributed by atoms with Gasteiger partial charge in [0.05, 0.1) is 6.61 Å². The quantitative estimate of drug-likeness (QED) is 0.246. The molecule has 0 amide bonds. The van der Waals surface area contributed by atoms with Crippen molar-refractivity contribution in [1.82, 2.24) is 0 Å². The molecule has 0 unspecified atom stereocenters. The first-order chi connectivity index (χ1) is 15.8. The highest BCUT2D eigenvalue weighted by Gasteiger charge is 2.21. The molecular formula is C31H36O. The molecule has 1 aliphatic carbocycles. The van der Waals surface area contributed by atoms with Crippen molar-refractivity contribution in [1.29, 1.82) is 0 Å². The van der Waals surface area contributed by atoms with Gasteiger partial charge in [-0.1, -0.05) is 85.8 Å². The molecule has 4 rings (SSSR count). The maximum absolute atomic E-state index is 5.64. The summed E-state index contributed by atoms with van der Waals surface area (Å²) in [6, 6.07) is 27.0. The van der Waals surface area contributed by atoms with Gasteiger partial charge in [0.15, 0.2) is 0 Å². The zero-order valence-corrected chi connectivity index (χ0v) is 19.4. The van der Waals surface area contributed by atoms with E-state index in [0.29, 0.717) is 6.61 Å². The van der Waals surface area contributed by atoms with Crippen LogP contribution in [0.1, 0.15) is 62.5 Å². The van der Waals surface area contributed by atoms with Crippen LogP contribution in [0, 0.1) is 5.92 Å². The molecule has 0 heterocycles. The molecule has 1 aliphatic rings. The monoisotopic (exact) mass is 424 g/mol. The molecule has 166 valence electrons. The van der Waals surface area contributed by atoms with Crippen LogP contribution < -0.4 is 0 Å². The fourth-order valence-electron chi connectivity index (χ4n) is 4.90. The second-order valence-corrected chi connectivity index (χ2v) is 9.19. The van der Waals surface area contributed by atoms with E-state index in [1.165, 1.54) is 65.5 Å². The minimum atomic E-state index is 0.694. The Morgan fingerprint density at radius 3 is 1.75 bits per heavy atom. The third-order valence-electron chi connectivity index (χ3n) is 6.85. The minimum absolute atomic E-state index is 0.694. The Morgan fingerprint density at radius 2 is 1.25 bits per heavy atom. The second kappa shape index (κ2) is 11.3. The van der Waals surface area contributed by atoms with Crippen LogP contribution in [-0.4, -0.2) is 6.61 Å². The molecule has 0 saturated heterocycles. The van der Waals surface area contributed by atoms with Gasteiger partial charge in [-0.15, -0.1) is 6.58 Å². The van der Waals surface area contributed by atoms with E-state index in [0.717, 1.165) is 24.9 Å². The molecule has 0 aliphatic heterocycles. The zero-order valence-electron chi connectivity index (χ0n) is 19.4. The van der Waals surface area contributed by atoms with Crippen LogP contribution in [0.3, 0.4) is 0 Å². The molecule has 1 nitrogen and oxygen atoms in total. The summed E-state index contributed by atoms with van der Waals surface area (Å²) < 4.78 is 5.64. The molecule has 0 N–H and O–H groups in total. The predicted molar refractivity (Wildman–Crippen MR) is 137 cm³/mol. The first-order valence-corrected chi connectivity index (χ1v) is 12.2. The molecule has 1 heteroatoms.